The summed E-state index contributed by atoms with van der Waals surface area (Å²) in [5.41, 5.74) is 5.46. The molecule has 0 bridgehead atoms. The third kappa shape index (κ3) is 2.99. The van der Waals surface area contributed by atoms with Crippen molar-refractivity contribution in [3.05, 3.63) is 59.0 Å². The van der Waals surface area contributed by atoms with Crippen molar-refractivity contribution in [2.75, 3.05) is 17.3 Å². The van der Waals surface area contributed by atoms with E-state index in [0.717, 1.165) is 33.3 Å². The van der Waals surface area contributed by atoms with Gasteiger partial charge in [-0.25, -0.2) is 4.98 Å². The van der Waals surface area contributed by atoms with Crippen LogP contribution in [0.3, 0.4) is 0 Å². The van der Waals surface area contributed by atoms with Crippen LogP contribution in [0.15, 0.2) is 47.8 Å². The van der Waals surface area contributed by atoms with E-state index in [1.165, 1.54) is 11.3 Å². The molecule has 0 saturated carbocycles. The van der Waals surface area contributed by atoms with E-state index in [1.54, 1.807) is 31.0 Å². The van der Waals surface area contributed by atoms with E-state index in [0.29, 0.717) is 12.0 Å². The number of nitrogens with zero attached hydrogens (tertiary/aromatic N) is 2. The molecule has 4 rings (SSSR count). The molecule has 0 aliphatic carbocycles. The van der Waals surface area contributed by atoms with Gasteiger partial charge in [0, 0.05) is 34.9 Å². The molecule has 0 spiro atoms. The first-order valence-electron chi connectivity index (χ1n) is 8.24. The van der Waals surface area contributed by atoms with Crippen molar-refractivity contribution in [3.63, 3.8) is 0 Å². The van der Waals surface area contributed by atoms with Crippen molar-refractivity contribution in [1.29, 1.82) is 0 Å². The zero-order valence-electron chi connectivity index (χ0n) is 14.4. The number of fused-ring (bicyclic) bond motifs is 1. The van der Waals surface area contributed by atoms with E-state index in [4.69, 9.17) is 0 Å². The van der Waals surface area contributed by atoms with Gasteiger partial charge in [-0.15, -0.1) is 11.3 Å². The second-order valence-corrected chi connectivity index (χ2v) is 7.13. The fraction of sp³-hybridized carbons (Fsp3) is 0.150. The number of carbonyl (C=O) groups is 2. The topological polar surface area (TPSA) is 62.3 Å². The number of Topliss-reactive ketones (excluding diaryl/α,β-unsaturated/α-hetero) is 1. The summed E-state index contributed by atoms with van der Waals surface area (Å²) in [5.74, 6) is 0.167. The summed E-state index contributed by atoms with van der Waals surface area (Å²) in [6.45, 7) is 1.55. The van der Waals surface area contributed by atoms with Crippen molar-refractivity contribution < 1.29 is 9.59 Å². The number of likely N-dealkylation sites (N-methyl/N-ethyl adjacent to an activating group) is 1. The van der Waals surface area contributed by atoms with Crippen LogP contribution in [0.2, 0.25) is 0 Å². The molecule has 1 N–H and O–H groups in total. The van der Waals surface area contributed by atoms with E-state index in [9.17, 15) is 9.59 Å². The molecule has 0 atom stereocenters. The molecule has 0 fully saturated rings. The van der Waals surface area contributed by atoms with Crippen LogP contribution in [0.25, 0.3) is 11.3 Å². The van der Waals surface area contributed by atoms with Crippen LogP contribution in [-0.2, 0) is 11.2 Å². The average molecular weight is 363 g/mol. The minimum atomic E-state index is 0.0498. The Morgan fingerprint density at radius 3 is 2.69 bits per heavy atom. The van der Waals surface area contributed by atoms with Crippen LogP contribution >= 0.6 is 11.3 Å². The molecule has 6 heteroatoms. The van der Waals surface area contributed by atoms with E-state index >= 15 is 0 Å². The number of anilines is 3. The van der Waals surface area contributed by atoms with E-state index < -0.39 is 0 Å². The molecule has 2 aromatic carbocycles. The number of aromatic nitrogens is 1. The van der Waals surface area contributed by atoms with Crippen molar-refractivity contribution in [2.45, 2.75) is 13.3 Å². The second-order valence-electron chi connectivity index (χ2n) is 6.27. The molecule has 0 radical (unpaired) electrons. The number of hydrogen-bond acceptors (Lipinski definition) is 5. The Morgan fingerprint density at radius 1 is 1.19 bits per heavy atom. The van der Waals surface area contributed by atoms with Crippen LogP contribution in [0.4, 0.5) is 16.5 Å². The molecule has 3 aromatic rings. The lowest BCUT2D eigenvalue weighted by atomic mass is 10.1. The fourth-order valence-electron chi connectivity index (χ4n) is 3.00. The lowest BCUT2D eigenvalue weighted by Gasteiger charge is -2.09. The first-order valence-corrected chi connectivity index (χ1v) is 9.12. The van der Waals surface area contributed by atoms with Crippen molar-refractivity contribution in [2.24, 2.45) is 0 Å². The Kier molecular flexibility index (Phi) is 4.05. The van der Waals surface area contributed by atoms with E-state index in [-0.39, 0.29) is 11.7 Å². The smallest absolute Gasteiger partial charge is 0.231 e. The summed E-state index contributed by atoms with van der Waals surface area (Å²) in [6, 6.07) is 13.3. The highest BCUT2D eigenvalue weighted by Gasteiger charge is 2.24. The van der Waals surface area contributed by atoms with Gasteiger partial charge < -0.3 is 10.2 Å². The summed E-state index contributed by atoms with van der Waals surface area (Å²) < 4.78 is 0. The lowest BCUT2D eigenvalue weighted by Crippen LogP contribution is -2.20. The first kappa shape index (κ1) is 16.5. The lowest BCUT2D eigenvalue weighted by molar-refractivity contribution is -0.117. The fourth-order valence-corrected chi connectivity index (χ4v) is 3.74. The first-order chi connectivity index (χ1) is 12.5. The maximum atomic E-state index is 11.8. The molecule has 0 saturated heterocycles. The van der Waals surface area contributed by atoms with Gasteiger partial charge in [-0.2, -0.15) is 0 Å². The number of rotatable bonds is 4. The summed E-state index contributed by atoms with van der Waals surface area (Å²) in [7, 11) is 1.80. The number of amides is 1. The van der Waals surface area contributed by atoms with Gasteiger partial charge in [-0.1, -0.05) is 6.07 Å². The summed E-state index contributed by atoms with van der Waals surface area (Å²) in [4.78, 5) is 29.5. The van der Waals surface area contributed by atoms with Crippen LogP contribution in [-0.4, -0.2) is 23.7 Å². The second kappa shape index (κ2) is 6.38. The minimum Gasteiger partial charge on any atom is -0.332 e. The molecule has 26 heavy (non-hydrogen) atoms. The van der Waals surface area contributed by atoms with Crippen LogP contribution in [0, 0.1) is 0 Å². The SMILES string of the molecule is CC(=O)c1ccc(Nc2nc(-c3ccc4c(c3)CC(=O)N4C)cs2)cc1. The highest BCUT2D eigenvalue weighted by Crippen LogP contribution is 2.33. The highest BCUT2D eigenvalue weighted by molar-refractivity contribution is 7.14. The largest absolute Gasteiger partial charge is 0.332 e. The quantitative estimate of drug-likeness (QED) is 0.703. The van der Waals surface area contributed by atoms with Gasteiger partial charge in [0.1, 0.15) is 0 Å². The zero-order valence-corrected chi connectivity index (χ0v) is 15.3. The molecule has 1 aromatic heterocycles. The predicted octanol–water partition coefficient (Wildman–Crippen LogP) is 4.28. The number of nitrogens with one attached hydrogen (secondary N) is 1. The third-order valence-corrected chi connectivity index (χ3v) is 5.26. The minimum absolute atomic E-state index is 0.0498. The van der Waals surface area contributed by atoms with Crippen LogP contribution < -0.4 is 10.2 Å². The molecule has 2 heterocycles. The number of thiazole rings is 1. The summed E-state index contributed by atoms with van der Waals surface area (Å²) in [6.07, 6.45) is 0.442. The normalized spacial score (nSPS) is 13.0. The Hall–Kier alpha value is -2.99. The number of benzene rings is 2. The van der Waals surface area contributed by atoms with Gasteiger partial charge >= 0.3 is 0 Å². The predicted molar refractivity (Wildman–Crippen MR) is 104 cm³/mol. The standard InChI is InChI=1S/C20H17N3O2S/c1-12(24)13-3-6-16(7-4-13)21-20-22-17(11-26-20)14-5-8-18-15(9-14)10-19(25)23(18)2/h3-9,11H,10H2,1-2H3,(H,21,22). The molecular weight excluding hydrogens is 346 g/mol. The summed E-state index contributed by atoms with van der Waals surface area (Å²) in [5, 5.41) is 6.04. The number of hydrogen-bond donors (Lipinski definition) is 1. The Bertz CT molecular complexity index is 1010. The Morgan fingerprint density at radius 2 is 1.96 bits per heavy atom. The van der Waals surface area contributed by atoms with Crippen molar-refractivity contribution in [3.8, 4) is 11.3 Å². The van der Waals surface area contributed by atoms with Gasteiger partial charge in [0.05, 0.1) is 12.1 Å². The van der Waals surface area contributed by atoms with Gasteiger partial charge in [0.15, 0.2) is 10.9 Å². The molecule has 1 aliphatic rings. The van der Waals surface area contributed by atoms with Gasteiger partial charge in [0.25, 0.3) is 0 Å². The van der Waals surface area contributed by atoms with Crippen molar-refractivity contribution in [1.82, 2.24) is 4.98 Å². The van der Waals surface area contributed by atoms with Gasteiger partial charge in [-0.05, 0) is 48.9 Å². The van der Waals surface area contributed by atoms with Gasteiger partial charge in [0.2, 0.25) is 5.91 Å². The average Bonchev–Trinajstić information content (AvgIpc) is 3.20. The molecule has 1 aliphatic heterocycles. The highest BCUT2D eigenvalue weighted by atomic mass is 32.1. The van der Waals surface area contributed by atoms with E-state index in [1.807, 2.05) is 35.7 Å². The maximum Gasteiger partial charge on any atom is 0.231 e. The van der Waals surface area contributed by atoms with Crippen molar-refractivity contribution >= 4 is 39.5 Å². The number of carbonyl (C=O) groups excluding carboxylic acids is 2. The molecule has 130 valence electrons. The van der Waals surface area contributed by atoms with Crippen LogP contribution in [0.1, 0.15) is 22.8 Å². The third-order valence-electron chi connectivity index (χ3n) is 4.50. The Balaban J connectivity index is 1.54. The van der Waals surface area contributed by atoms with E-state index in [2.05, 4.69) is 10.3 Å². The maximum absolute atomic E-state index is 11.8. The molecule has 1 amide bonds. The monoisotopic (exact) mass is 363 g/mol. The summed E-state index contributed by atoms with van der Waals surface area (Å²) >= 11 is 1.52. The molecule has 5 nitrogen and oxygen atoms in total. The molecule has 0 unspecified atom stereocenters. The Labute approximate surface area is 155 Å². The van der Waals surface area contributed by atoms with Gasteiger partial charge in [-0.3, -0.25) is 9.59 Å². The zero-order chi connectivity index (χ0) is 18.3. The van der Waals surface area contributed by atoms with Crippen LogP contribution in [0.5, 0.6) is 0 Å². The number of ketones is 1. The molecular formula is C20H17N3O2S.